The maximum atomic E-state index is 12.9. The Hall–Kier alpha value is -1.91. The van der Waals surface area contributed by atoms with Gasteiger partial charge in [0.05, 0.1) is 5.41 Å². The van der Waals surface area contributed by atoms with E-state index < -0.39 is 5.41 Å². The SMILES string of the molecule is NCC1(C(=O)Nc2ccc3c4c(cccc24)CC3)CCOCC1. The summed E-state index contributed by atoms with van der Waals surface area (Å²) in [6.45, 7) is 1.58. The summed E-state index contributed by atoms with van der Waals surface area (Å²) < 4.78 is 5.40. The van der Waals surface area contributed by atoms with Crippen LogP contribution in [0.4, 0.5) is 5.69 Å². The summed E-state index contributed by atoms with van der Waals surface area (Å²) in [5.41, 5.74) is 9.11. The molecular weight excluding hydrogens is 288 g/mol. The number of nitrogens with two attached hydrogens (primary N) is 1. The third-order valence-electron chi connectivity index (χ3n) is 5.45. The second kappa shape index (κ2) is 5.62. The van der Waals surface area contributed by atoms with Gasteiger partial charge in [0.2, 0.25) is 5.91 Å². The van der Waals surface area contributed by atoms with Crippen molar-refractivity contribution in [3.63, 3.8) is 0 Å². The van der Waals surface area contributed by atoms with Crippen molar-refractivity contribution in [3.05, 3.63) is 41.5 Å². The Bertz CT molecular complexity index is 753. The maximum absolute atomic E-state index is 12.9. The molecule has 2 aromatic rings. The quantitative estimate of drug-likeness (QED) is 0.916. The van der Waals surface area contributed by atoms with Crippen LogP contribution in [0.25, 0.3) is 10.8 Å². The minimum atomic E-state index is -0.499. The zero-order chi connectivity index (χ0) is 15.9. The number of ether oxygens (including phenoxy) is 1. The molecule has 3 N–H and O–H groups in total. The monoisotopic (exact) mass is 310 g/mol. The highest BCUT2D eigenvalue weighted by atomic mass is 16.5. The van der Waals surface area contributed by atoms with E-state index in [0.29, 0.717) is 32.6 Å². The third-order valence-corrected chi connectivity index (χ3v) is 5.45. The Kier molecular flexibility index (Phi) is 3.58. The van der Waals surface area contributed by atoms with E-state index in [1.165, 1.54) is 16.5 Å². The topological polar surface area (TPSA) is 64.4 Å². The lowest BCUT2D eigenvalue weighted by Crippen LogP contribution is -2.46. The van der Waals surface area contributed by atoms with E-state index in [9.17, 15) is 4.79 Å². The van der Waals surface area contributed by atoms with Crippen LogP contribution in [-0.4, -0.2) is 25.7 Å². The van der Waals surface area contributed by atoms with Gasteiger partial charge in [-0.2, -0.15) is 0 Å². The van der Waals surface area contributed by atoms with Gasteiger partial charge < -0.3 is 15.8 Å². The minimum absolute atomic E-state index is 0.0296. The highest BCUT2D eigenvalue weighted by Gasteiger charge is 2.39. The number of amides is 1. The van der Waals surface area contributed by atoms with Crippen molar-refractivity contribution in [2.45, 2.75) is 25.7 Å². The first kappa shape index (κ1) is 14.7. The lowest BCUT2D eigenvalue weighted by molar-refractivity contribution is -0.130. The molecule has 4 nitrogen and oxygen atoms in total. The fourth-order valence-corrected chi connectivity index (χ4v) is 3.90. The zero-order valence-electron chi connectivity index (χ0n) is 13.2. The fourth-order valence-electron chi connectivity index (χ4n) is 3.90. The molecule has 1 aliphatic heterocycles. The maximum Gasteiger partial charge on any atom is 0.232 e. The molecule has 120 valence electrons. The van der Waals surface area contributed by atoms with Crippen LogP contribution >= 0.6 is 0 Å². The van der Waals surface area contributed by atoms with Crippen LogP contribution in [0.15, 0.2) is 30.3 Å². The number of rotatable bonds is 3. The Morgan fingerprint density at radius 3 is 2.61 bits per heavy atom. The van der Waals surface area contributed by atoms with E-state index in [1.807, 2.05) is 6.07 Å². The zero-order valence-corrected chi connectivity index (χ0v) is 13.2. The van der Waals surface area contributed by atoms with Gasteiger partial charge in [-0.25, -0.2) is 0 Å². The average molecular weight is 310 g/mol. The summed E-state index contributed by atoms with van der Waals surface area (Å²) in [5.74, 6) is 0.0296. The van der Waals surface area contributed by atoms with Crippen molar-refractivity contribution in [1.29, 1.82) is 0 Å². The van der Waals surface area contributed by atoms with Crippen molar-refractivity contribution < 1.29 is 9.53 Å². The van der Waals surface area contributed by atoms with Gasteiger partial charge in [0, 0.05) is 30.8 Å². The van der Waals surface area contributed by atoms with Crippen LogP contribution in [0.1, 0.15) is 24.0 Å². The normalized spacial score (nSPS) is 19.0. The minimum Gasteiger partial charge on any atom is -0.381 e. The van der Waals surface area contributed by atoms with Gasteiger partial charge >= 0.3 is 0 Å². The third kappa shape index (κ3) is 2.33. The van der Waals surface area contributed by atoms with Crippen molar-refractivity contribution >= 4 is 22.4 Å². The molecule has 1 heterocycles. The van der Waals surface area contributed by atoms with E-state index in [-0.39, 0.29) is 5.91 Å². The van der Waals surface area contributed by atoms with Gasteiger partial charge in [0.25, 0.3) is 0 Å². The summed E-state index contributed by atoms with van der Waals surface area (Å²) >= 11 is 0. The van der Waals surface area contributed by atoms with E-state index in [0.717, 1.165) is 23.9 Å². The summed E-state index contributed by atoms with van der Waals surface area (Å²) in [6, 6.07) is 10.5. The van der Waals surface area contributed by atoms with Gasteiger partial charge in [0.15, 0.2) is 0 Å². The number of nitrogens with one attached hydrogen (secondary N) is 1. The number of hydrogen-bond donors (Lipinski definition) is 2. The van der Waals surface area contributed by atoms with Gasteiger partial charge in [-0.15, -0.1) is 0 Å². The Balaban J connectivity index is 1.69. The van der Waals surface area contributed by atoms with Crippen LogP contribution in [0, 0.1) is 5.41 Å². The molecule has 0 bridgehead atoms. The molecular formula is C19H22N2O2. The predicted molar refractivity (Wildman–Crippen MR) is 91.5 cm³/mol. The largest absolute Gasteiger partial charge is 0.381 e. The molecule has 1 aliphatic carbocycles. The fraction of sp³-hybridized carbons (Fsp3) is 0.421. The number of carbonyl (C=O) groups is 1. The van der Waals surface area contributed by atoms with E-state index in [4.69, 9.17) is 10.5 Å². The molecule has 2 aromatic carbocycles. The van der Waals surface area contributed by atoms with Crippen LogP contribution in [0.3, 0.4) is 0 Å². The van der Waals surface area contributed by atoms with E-state index in [1.54, 1.807) is 0 Å². The number of aryl methyl sites for hydroxylation is 2. The number of anilines is 1. The number of benzene rings is 2. The molecule has 0 aromatic heterocycles. The second-order valence-corrected chi connectivity index (χ2v) is 6.66. The molecule has 0 unspecified atom stereocenters. The van der Waals surface area contributed by atoms with Crippen LogP contribution in [-0.2, 0) is 22.4 Å². The summed E-state index contributed by atoms with van der Waals surface area (Å²) in [5, 5.41) is 5.62. The molecule has 2 aliphatic rings. The van der Waals surface area contributed by atoms with Crippen LogP contribution in [0.5, 0.6) is 0 Å². The van der Waals surface area contributed by atoms with Crippen molar-refractivity contribution in [2.75, 3.05) is 25.1 Å². The van der Waals surface area contributed by atoms with Gasteiger partial charge in [-0.05, 0) is 48.3 Å². The Morgan fingerprint density at radius 2 is 1.87 bits per heavy atom. The summed E-state index contributed by atoms with van der Waals surface area (Å²) in [6.07, 6.45) is 3.56. The van der Waals surface area contributed by atoms with Crippen LogP contribution in [0.2, 0.25) is 0 Å². The first-order chi connectivity index (χ1) is 11.2. The molecule has 0 atom stereocenters. The first-order valence-electron chi connectivity index (χ1n) is 8.36. The van der Waals surface area contributed by atoms with E-state index >= 15 is 0 Å². The van der Waals surface area contributed by atoms with Crippen molar-refractivity contribution in [1.82, 2.24) is 0 Å². The highest BCUT2D eigenvalue weighted by molar-refractivity contribution is 6.06. The molecule has 4 heteroatoms. The number of hydrogen-bond acceptors (Lipinski definition) is 3. The highest BCUT2D eigenvalue weighted by Crippen LogP contribution is 2.37. The van der Waals surface area contributed by atoms with Gasteiger partial charge in [0.1, 0.15) is 0 Å². The lowest BCUT2D eigenvalue weighted by Gasteiger charge is -2.34. The smallest absolute Gasteiger partial charge is 0.232 e. The summed E-state index contributed by atoms with van der Waals surface area (Å²) in [4.78, 5) is 12.9. The van der Waals surface area contributed by atoms with Crippen molar-refractivity contribution in [2.24, 2.45) is 11.1 Å². The number of carbonyl (C=O) groups excluding carboxylic acids is 1. The van der Waals surface area contributed by atoms with Gasteiger partial charge in [-0.3, -0.25) is 4.79 Å². The molecule has 0 spiro atoms. The van der Waals surface area contributed by atoms with E-state index in [2.05, 4.69) is 29.6 Å². The van der Waals surface area contributed by atoms with Gasteiger partial charge in [-0.1, -0.05) is 24.3 Å². The Morgan fingerprint density at radius 1 is 1.13 bits per heavy atom. The Labute approximate surface area is 136 Å². The predicted octanol–water partition coefficient (Wildman–Crippen LogP) is 2.63. The molecule has 4 rings (SSSR count). The molecule has 0 saturated carbocycles. The lowest BCUT2D eigenvalue weighted by atomic mass is 9.79. The van der Waals surface area contributed by atoms with Crippen molar-refractivity contribution in [3.8, 4) is 0 Å². The second-order valence-electron chi connectivity index (χ2n) is 6.66. The standard InChI is InChI=1S/C19H22N2O2/c20-12-19(8-10-23-11-9-19)18(22)21-16-7-6-14-5-4-13-2-1-3-15(16)17(13)14/h1-3,6-7H,4-5,8-12,20H2,(H,21,22). The average Bonchev–Trinajstić information content (AvgIpc) is 3.03. The van der Waals surface area contributed by atoms with Crippen LogP contribution < -0.4 is 11.1 Å². The first-order valence-corrected chi connectivity index (χ1v) is 8.36. The summed E-state index contributed by atoms with van der Waals surface area (Å²) in [7, 11) is 0. The molecule has 1 fully saturated rings. The molecule has 0 radical (unpaired) electrons. The molecule has 1 amide bonds. The molecule has 23 heavy (non-hydrogen) atoms. The molecule has 1 saturated heterocycles.